The van der Waals surface area contributed by atoms with Gasteiger partial charge in [0.2, 0.25) is 5.88 Å². The Labute approximate surface area is 166 Å². The first-order valence-corrected chi connectivity index (χ1v) is 9.70. The van der Waals surface area contributed by atoms with E-state index in [4.69, 9.17) is 9.47 Å². The van der Waals surface area contributed by atoms with Gasteiger partial charge in [-0.15, -0.1) is 0 Å². The van der Waals surface area contributed by atoms with E-state index in [1.54, 1.807) is 13.2 Å². The van der Waals surface area contributed by atoms with E-state index in [0.717, 1.165) is 56.5 Å². The largest absolute Gasteiger partial charge is 0.473 e. The van der Waals surface area contributed by atoms with E-state index in [-0.39, 0.29) is 0 Å². The van der Waals surface area contributed by atoms with Crippen molar-refractivity contribution in [3.8, 4) is 5.88 Å². The Kier molecular flexibility index (Phi) is 8.08. The average Bonchev–Trinajstić information content (AvgIpc) is 2.76. The molecular weight excluding hydrogens is 354 g/mol. The van der Waals surface area contributed by atoms with Gasteiger partial charge in [0.15, 0.2) is 5.96 Å². The van der Waals surface area contributed by atoms with Crippen molar-refractivity contribution in [2.24, 2.45) is 4.99 Å². The van der Waals surface area contributed by atoms with Crippen LogP contribution in [0.25, 0.3) is 0 Å². The van der Waals surface area contributed by atoms with Crippen LogP contribution in [0.4, 0.5) is 0 Å². The van der Waals surface area contributed by atoms with Gasteiger partial charge >= 0.3 is 0 Å². The minimum Gasteiger partial charge on any atom is -0.473 e. The van der Waals surface area contributed by atoms with Gasteiger partial charge in [0.1, 0.15) is 6.61 Å². The fraction of sp³-hybridized carbons (Fsp3) is 0.429. The van der Waals surface area contributed by atoms with Crippen LogP contribution in [0.2, 0.25) is 0 Å². The Balaban J connectivity index is 1.41. The molecular formula is C21H29N5O2. The van der Waals surface area contributed by atoms with Crippen LogP contribution in [0.5, 0.6) is 5.88 Å². The van der Waals surface area contributed by atoms with Gasteiger partial charge in [-0.3, -0.25) is 9.89 Å². The van der Waals surface area contributed by atoms with Gasteiger partial charge < -0.3 is 20.1 Å². The van der Waals surface area contributed by atoms with Crippen LogP contribution in [0.15, 0.2) is 53.7 Å². The number of rotatable bonds is 8. The lowest BCUT2D eigenvalue weighted by molar-refractivity contribution is 0.0389. The Morgan fingerprint density at radius 1 is 1.14 bits per heavy atom. The Hall–Kier alpha value is -2.64. The van der Waals surface area contributed by atoms with E-state index in [1.165, 1.54) is 0 Å². The number of nitrogens with zero attached hydrogens (tertiary/aromatic N) is 3. The second kappa shape index (κ2) is 11.3. The van der Waals surface area contributed by atoms with Crippen molar-refractivity contribution in [1.29, 1.82) is 0 Å². The van der Waals surface area contributed by atoms with Crippen LogP contribution < -0.4 is 15.4 Å². The molecule has 2 aromatic rings. The second-order valence-corrected chi connectivity index (χ2v) is 6.58. The predicted molar refractivity (Wildman–Crippen MR) is 110 cm³/mol. The molecule has 150 valence electrons. The highest BCUT2D eigenvalue weighted by Crippen LogP contribution is 2.11. The molecule has 0 radical (unpaired) electrons. The van der Waals surface area contributed by atoms with Gasteiger partial charge in [-0.05, 0) is 17.2 Å². The molecule has 28 heavy (non-hydrogen) atoms. The minimum absolute atomic E-state index is 0.509. The molecule has 0 bridgehead atoms. The number of hydrogen-bond donors (Lipinski definition) is 2. The molecule has 1 saturated heterocycles. The summed E-state index contributed by atoms with van der Waals surface area (Å²) in [5.74, 6) is 1.41. The summed E-state index contributed by atoms with van der Waals surface area (Å²) in [5.41, 5.74) is 2.21. The summed E-state index contributed by atoms with van der Waals surface area (Å²) in [6, 6.07) is 14.0. The molecule has 0 atom stereocenters. The molecule has 0 unspecified atom stereocenters. The summed E-state index contributed by atoms with van der Waals surface area (Å²) in [7, 11) is 1.78. The molecule has 0 aliphatic carbocycles. The van der Waals surface area contributed by atoms with Crippen molar-refractivity contribution in [1.82, 2.24) is 20.5 Å². The average molecular weight is 383 g/mol. The first-order valence-electron chi connectivity index (χ1n) is 9.70. The number of hydrogen-bond acceptors (Lipinski definition) is 5. The Morgan fingerprint density at radius 2 is 1.96 bits per heavy atom. The fourth-order valence-corrected chi connectivity index (χ4v) is 2.93. The lowest BCUT2D eigenvalue weighted by atomic mass is 10.2. The number of nitrogens with one attached hydrogen (secondary N) is 2. The van der Waals surface area contributed by atoms with E-state index in [9.17, 15) is 0 Å². The van der Waals surface area contributed by atoms with Crippen LogP contribution in [-0.2, 0) is 17.9 Å². The smallest absolute Gasteiger partial charge is 0.213 e. The maximum atomic E-state index is 5.80. The summed E-state index contributed by atoms with van der Waals surface area (Å²) in [6.07, 6.45) is 1.77. The third-order valence-electron chi connectivity index (χ3n) is 4.54. The zero-order valence-corrected chi connectivity index (χ0v) is 16.4. The summed E-state index contributed by atoms with van der Waals surface area (Å²) in [4.78, 5) is 11.0. The number of morpholine rings is 1. The van der Waals surface area contributed by atoms with E-state index in [2.05, 4.69) is 25.5 Å². The van der Waals surface area contributed by atoms with Crippen LogP contribution in [0.3, 0.4) is 0 Å². The van der Waals surface area contributed by atoms with Crippen molar-refractivity contribution in [3.05, 3.63) is 59.8 Å². The van der Waals surface area contributed by atoms with Crippen LogP contribution >= 0.6 is 0 Å². The van der Waals surface area contributed by atoms with E-state index >= 15 is 0 Å². The van der Waals surface area contributed by atoms with Crippen LogP contribution in [-0.4, -0.2) is 62.3 Å². The predicted octanol–water partition coefficient (Wildman–Crippen LogP) is 1.66. The molecule has 1 aromatic carbocycles. The van der Waals surface area contributed by atoms with Gasteiger partial charge in [-0.2, -0.15) is 0 Å². The minimum atomic E-state index is 0.509. The SMILES string of the molecule is CN=C(NCCN1CCOCC1)NCc1ccnc(OCc2ccccc2)c1. The van der Waals surface area contributed by atoms with E-state index in [1.807, 2.05) is 42.5 Å². The Morgan fingerprint density at radius 3 is 2.75 bits per heavy atom. The zero-order valence-electron chi connectivity index (χ0n) is 16.4. The zero-order chi connectivity index (χ0) is 19.4. The molecule has 1 aliphatic rings. The van der Waals surface area contributed by atoms with Crippen LogP contribution in [0.1, 0.15) is 11.1 Å². The molecule has 2 heterocycles. The van der Waals surface area contributed by atoms with Crippen molar-refractivity contribution in [2.75, 3.05) is 46.4 Å². The first kappa shape index (κ1) is 20.1. The second-order valence-electron chi connectivity index (χ2n) is 6.58. The van der Waals surface area contributed by atoms with Crippen molar-refractivity contribution < 1.29 is 9.47 Å². The molecule has 3 rings (SSSR count). The number of ether oxygens (including phenoxy) is 2. The van der Waals surface area contributed by atoms with Gasteiger partial charge in [0.05, 0.1) is 13.2 Å². The van der Waals surface area contributed by atoms with Gasteiger partial charge in [0, 0.05) is 52.0 Å². The molecule has 0 saturated carbocycles. The van der Waals surface area contributed by atoms with Crippen LogP contribution in [0, 0.1) is 0 Å². The quantitative estimate of drug-likeness (QED) is 0.534. The summed E-state index contributed by atoms with van der Waals surface area (Å²) in [5, 5.41) is 6.69. The summed E-state index contributed by atoms with van der Waals surface area (Å²) < 4.78 is 11.2. The van der Waals surface area contributed by atoms with E-state index < -0.39 is 0 Å². The van der Waals surface area contributed by atoms with Crippen molar-refractivity contribution in [3.63, 3.8) is 0 Å². The monoisotopic (exact) mass is 383 g/mol. The molecule has 1 aromatic heterocycles. The highest BCUT2D eigenvalue weighted by Gasteiger charge is 2.09. The molecule has 7 nitrogen and oxygen atoms in total. The third-order valence-corrected chi connectivity index (χ3v) is 4.54. The molecule has 7 heteroatoms. The summed E-state index contributed by atoms with van der Waals surface area (Å²) >= 11 is 0. The molecule has 1 aliphatic heterocycles. The number of aromatic nitrogens is 1. The van der Waals surface area contributed by atoms with Gasteiger partial charge in [-0.25, -0.2) is 4.98 Å². The number of guanidine groups is 1. The molecule has 0 amide bonds. The topological polar surface area (TPSA) is 71.0 Å². The summed E-state index contributed by atoms with van der Waals surface area (Å²) in [6.45, 7) is 6.63. The Bertz CT molecular complexity index is 733. The third kappa shape index (κ3) is 6.83. The van der Waals surface area contributed by atoms with Crippen molar-refractivity contribution in [2.45, 2.75) is 13.2 Å². The maximum Gasteiger partial charge on any atom is 0.213 e. The standard InChI is InChI=1S/C21H29N5O2/c1-22-21(24-9-10-26-11-13-27-14-12-26)25-16-19-7-8-23-20(15-19)28-17-18-5-3-2-4-6-18/h2-8,15H,9-14,16-17H2,1H3,(H2,22,24,25). The normalized spacial score (nSPS) is 15.2. The van der Waals surface area contributed by atoms with Gasteiger partial charge in [-0.1, -0.05) is 30.3 Å². The number of benzene rings is 1. The molecule has 0 spiro atoms. The maximum absolute atomic E-state index is 5.80. The molecule has 1 fully saturated rings. The fourth-order valence-electron chi connectivity index (χ4n) is 2.93. The number of pyridine rings is 1. The molecule has 2 N–H and O–H groups in total. The van der Waals surface area contributed by atoms with Crippen molar-refractivity contribution >= 4 is 5.96 Å². The highest BCUT2D eigenvalue weighted by atomic mass is 16.5. The number of aliphatic imine (C=N–C) groups is 1. The highest BCUT2D eigenvalue weighted by molar-refractivity contribution is 5.79. The first-order chi connectivity index (χ1) is 13.8. The lowest BCUT2D eigenvalue weighted by Gasteiger charge is -2.26. The van der Waals surface area contributed by atoms with Gasteiger partial charge in [0.25, 0.3) is 0 Å². The van der Waals surface area contributed by atoms with E-state index in [0.29, 0.717) is 19.0 Å². The lowest BCUT2D eigenvalue weighted by Crippen LogP contribution is -2.44.